The number of ether oxygens (including phenoxy) is 2. The average molecular weight is 377 g/mol. The Kier molecular flexibility index (Phi) is 5.14. The molecule has 4 heteroatoms. The summed E-state index contributed by atoms with van der Waals surface area (Å²) in [4.78, 5) is 0. The van der Waals surface area contributed by atoms with Gasteiger partial charge in [0.1, 0.15) is 0 Å². The minimum absolute atomic E-state index is 0.133. The van der Waals surface area contributed by atoms with Crippen molar-refractivity contribution in [2.75, 3.05) is 13.2 Å². The zero-order valence-corrected chi connectivity index (χ0v) is 17.1. The topological polar surface area (TPSA) is 35.4 Å². The number of rotatable bonds is 5. The van der Waals surface area contributed by atoms with Crippen LogP contribution < -0.4 is 14.8 Å². The Labute approximate surface area is 167 Å². The number of aryl methyl sites for hydroxylation is 2. The first-order valence-corrected chi connectivity index (χ1v) is 10.0. The van der Waals surface area contributed by atoms with Crippen molar-refractivity contribution in [2.45, 2.75) is 40.3 Å². The van der Waals surface area contributed by atoms with Crippen molar-refractivity contribution in [3.63, 3.8) is 0 Å². The largest absolute Gasteiger partial charge is 0.490 e. The molecular weight excluding hydrogens is 348 g/mol. The van der Waals surface area contributed by atoms with E-state index in [4.69, 9.17) is 9.47 Å². The fraction of sp³-hybridized carbons (Fsp3) is 0.333. The van der Waals surface area contributed by atoms with Crippen LogP contribution in [-0.2, 0) is 6.54 Å². The predicted molar refractivity (Wildman–Crippen MR) is 113 cm³/mol. The fourth-order valence-electron chi connectivity index (χ4n) is 4.08. The smallest absolute Gasteiger partial charge is 0.163 e. The molecule has 0 spiro atoms. The van der Waals surface area contributed by atoms with Gasteiger partial charge in [-0.3, -0.25) is 0 Å². The molecule has 28 heavy (non-hydrogen) atoms. The van der Waals surface area contributed by atoms with Crippen LogP contribution >= 0.6 is 0 Å². The van der Waals surface area contributed by atoms with E-state index in [1.807, 2.05) is 13.8 Å². The van der Waals surface area contributed by atoms with Crippen LogP contribution in [0.25, 0.3) is 5.69 Å². The van der Waals surface area contributed by atoms with Crippen molar-refractivity contribution in [1.82, 2.24) is 9.88 Å². The summed E-state index contributed by atoms with van der Waals surface area (Å²) in [6, 6.07) is 15.4. The van der Waals surface area contributed by atoms with Crippen LogP contribution in [0.5, 0.6) is 11.5 Å². The standard InChI is InChI=1S/C24H28N2O2/c1-5-27-22-13-18-15-25-24(19-10-9-16(3)12-17(19)4)20-8-7-11-26(20)21(18)14-23(22)28-6-2/h7-14,24-25H,5-6,15H2,1-4H3/t24-/m0/s1. The SMILES string of the molecule is CCOc1cc2c(cc1OCC)-n1cccc1[C@H](c1ccc(C)cc1C)NC2. The molecule has 3 aromatic rings. The van der Waals surface area contributed by atoms with E-state index in [1.54, 1.807) is 0 Å². The van der Waals surface area contributed by atoms with Crippen LogP contribution in [0.3, 0.4) is 0 Å². The van der Waals surface area contributed by atoms with Gasteiger partial charge >= 0.3 is 0 Å². The summed E-state index contributed by atoms with van der Waals surface area (Å²) < 4.78 is 14.0. The summed E-state index contributed by atoms with van der Waals surface area (Å²) in [5, 5.41) is 3.76. The van der Waals surface area contributed by atoms with Crippen LogP contribution in [0.15, 0.2) is 48.7 Å². The average Bonchev–Trinajstić information content (AvgIpc) is 3.09. The van der Waals surface area contributed by atoms with Gasteiger partial charge in [0.25, 0.3) is 0 Å². The highest BCUT2D eigenvalue weighted by molar-refractivity contribution is 5.57. The molecule has 1 N–H and O–H groups in total. The van der Waals surface area contributed by atoms with Crippen LogP contribution in [-0.4, -0.2) is 17.8 Å². The second-order valence-electron chi connectivity index (χ2n) is 7.27. The van der Waals surface area contributed by atoms with E-state index in [-0.39, 0.29) is 6.04 Å². The number of fused-ring (bicyclic) bond motifs is 3. The van der Waals surface area contributed by atoms with Crippen LogP contribution in [0, 0.1) is 13.8 Å². The monoisotopic (exact) mass is 376 g/mol. The van der Waals surface area contributed by atoms with Gasteiger partial charge in [-0.15, -0.1) is 0 Å². The lowest BCUT2D eigenvalue weighted by Crippen LogP contribution is -2.22. The number of nitrogens with zero attached hydrogens (tertiary/aromatic N) is 1. The van der Waals surface area contributed by atoms with Crippen molar-refractivity contribution < 1.29 is 9.47 Å². The molecule has 0 unspecified atom stereocenters. The molecule has 1 aromatic heterocycles. The van der Waals surface area contributed by atoms with E-state index in [9.17, 15) is 0 Å². The molecule has 0 aliphatic carbocycles. The second kappa shape index (κ2) is 7.72. The van der Waals surface area contributed by atoms with Crippen molar-refractivity contribution in [3.05, 3.63) is 76.6 Å². The van der Waals surface area contributed by atoms with Gasteiger partial charge in [0, 0.05) is 24.5 Å². The van der Waals surface area contributed by atoms with Gasteiger partial charge in [0.15, 0.2) is 11.5 Å². The van der Waals surface area contributed by atoms with Crippen LogP contribution in [0.1, 0.15) is 47.8 Å². The Morgan fingerprint density at radius 3 is 2.46 bits per heavy atom. The van der Waals surface area contributed by atoms with Crippen molar-refractivity contribution in [1.29, 1.82) is 0 Å². The number of benzene rings is 2. The molecule has 4 nitrogen and oxygen atoms in total. The van der Waals surface area contributed by atoms with E-state index >= 15 is 0 Å². The summed E-state index contributed by atoms with van der Waals surface area (Å²) in [6.07, 6.45) is 2.13. The zero-order valence-electron chi connectivity index (χ0n) is 17.1. The third-order valence-electron chi connectivity index (χ3n) is 5.31. The highest BCUT2D eigenvalue weighted by atomic mass is 16.5. The molecule has 2 heterocycles. The van der Waals surface area contributed by atoms with Gasteiger partial charge in [0.05, 0.1) is 24.9 Å². The second-order valence-corrected chi connectivity index (χ2v) is 7.27. The number of nitrogens with one attached hydrogen (secondary N) is 1. The molecule has 1 aliphatic rings. The highest BCUT2D eigenvalue weighted by Gasteiger charge is 2.25. The lowest BCUT2D eigenvalue weighted by molar-refractivity contribution is 0.287. The summed E-state index contributed by atoms with van der Waals surface area (Å²) >= 11 is 0. The van der Waals surface area contributed by atoms with Crippen molar-refractivity contribution >= 4 is 0 Å². The van der Waals surface area contributed by atoms with E-state index in [0.717, 1.165) is 23.7 Å². The summed E-state index contributed by atoms with van der Waals surface area (Å²) in [7, 11) is 0. The fourth-order valence-corrected chi connectivity index (χ4v) is 4.08. The maximum Gasteiger partial charge on any atom is 0.163 e. The Bertz CT molecular complexity index is 990. The minimum atomic E-state index is 0.133. The Balaban J connectivity index is 1.83. The first-order chi connectivity index (χ1) is 13.6. The molecule has 2 aromatic carbocycles. The minimum Gasteiger partial charge on any atom is -0.490 e. The molecular formula is C24H28N2O2. The van der Waals surface area contributed by atoms with Gasteiger partial charge in [-0.05, 0) is 62.6 Å². The maximum atomic E-state index is 5.87. The molecule has 4 rings (SSSR count). The molecule has 0 amide bonds. The first kappa shape index (κ1) is 18.6. The van der Waals surface area contributed by atoms with Crippen molar-refractivity contribution in [3.8, 4) is 17.2 Å². The molecule has 146 valence electrons. The third-order valence-corrected chi connectivity index (χ3v) is 5.31. The van der Waals surface area contributed by atoms with Gasteiger partial charge in [-0.25, -0.2) is 0 Å². The summed E-state index contributed by atoms with van der Waals surface area (Å²) in [5.74, 6) is 1.61. The number of hydrogen-bond donors (Lipinski definition) is 1. The third kappa shape index (κ3) is 3.29. The molecule has 1 atom stereocenters. The quantitative estimate of drug-likeness (QED) is 0.674. The summed E-state index contributed by atoms with van der Waals surface area (Å²) in [5.41, 5.74) is 7.49. The normalized spacial score (nSPS) is 15.5. The molecule has 0 bridgehead atoms. The van der Waals surface area contributed by atoms with E-state index in [0.29, 0.717) is 13.2 Å². The van der Waals surface area contributed by atoms with E-state index in [1.165, 1.54) is 27.9 Å². The Morgan fingerprint density at radius 2 is 1.75 bits per heavy atom. The summed E-state index contributed by atoms with van der Waals surface area (Å²) in [6.45, 7) is 10.3. The lowest BCUT2D eigenvalue weighted by atomic mass is 9.97. The molecule has 1 aliphatic heterocycles. The first-order valence-electron chi connectivity index (χ1n) is 10.0. The van der Waals surface area contributed by atoms with Gasteiger partial charge < -0.3 is 19.4 Å². The van der Waals surface area contributed by atoms with Crippen LogP contribution in [0.4, 0.5) is 0 Å². The van der Waals surface area contributed by atoms with Crippen LogP contribution in [0.2, 0.25) is 0 Å². The van der Waals surface area contributed by atoms with Gasteiger partial charge in [0.2, 0.25) is 0 Å². The van der Waals surface area contributed by atoms with Gasteiger partial charge in [-0.1, -0.05) is 23.8 Å². The Morgan fingerprint density at radius 1 is 1.00 bits per heavy atom. The molecule has 0 fully saturated rings. The molecule has 0 saturated carbocycles. The maximum absolute atomic E-state index is 5.87. The van der Waals surface area contributed by atoms with Crippen molar-refractivity contribution in [2.24, 2.45) is 0 Å². The lowest BCUT2D eigenvalue weighted by Gasteiger charge is -2.20. The number of hydrogen-bond acceptors (Lipinski definition) is 3. The molecule has 0 radical (unpaired) electrons. The van der Waals surface area contributed by atoms with E-state index in [2.05, 4.69) is 72.4 Å². The predicted octanol–water partition coefficient (Wildman–Crippen LogP) is 5.08. The van der Waals surface area contributed by atoms with E-state index < -0.39 is 0 Å². The van der Waals surface area contributed by atoms with Gasteiger partial charge in [-0.2, -0.15) is 0 Å². The number of aromatic nitrogens is 1. The zero-order chi connectivity index (χ0) is 19.7. The highest BCUT2D eigenvalue weighted by Crippen LogP contribution is 2.38. The molecule has 0 saturated heterocycles. The Hall–Kier alpha value is -2.72.